The number of alkyl halides is 3. The maximum Gasteiger partial charge on any atom is 0.416 e. The number of pyridine rings is 1. The number of carboxylic acids is 1. The zero-order valence-corrected chi connectivity index (χ0v) is 17.2. The summed E-state index contributed by atoms with van der Waals surface area (Å²) in [6.45, 7) is -0.995. The fourth-order valence-corrected chi connectivity index (χ4v) is 3.90. The fraction of sp³-hybridized carbons (Fsp3) is 0.190. The first-order valence-corrected chi connectivity index (χ1v) is 9.78. The zero-order valence-electron chi connectivity index (χ0n) is 16.4. The van der Waals surface area contributed by atoms with E-state index in [1.54, 1.807) is 0 Å². The molecule has 1 amide bonds. The molecule has 0 fully saturated rings. The third kappa shape index (κ3) is 3.84. The van der Waals surface area contributed by atoms with Crippen LogP contribution >= 0.6 is 11.6 Å². The molecule has 12 heteroatoms. The van der Waals surface area contributed by atoms with Gasteiger partial charge in [0.2, 0.25) is 0 Å². The van der Waals surface area contributed by atoms with E-state index in [-0.39, 0.29) is 33.8 Å². The molecule has 2 aromatic carbocycles. The predicted molar refractivity (Wildman–Crippen MR) is 110 cm³/mol. The van der Waals surface area contributed by atoms with Gasteiger partial charge in [0.05, 0.1) is 22.1 Å². The molecule has 0 radical (unpaired) electrons. The van der Waals surface area contributed by atoms with Crippen LogP contribution in [-0.2, 0) is 11.0 Å². The molecule has 3 aromatic rings. The van der Waals surface area contributed by atoms with Gasteiger partial charge in [-0.15, -0.1) is 0 Å². The molecule has 0 aliphatic carbocycles. The van der Waals surface area contributed by atoms with Gasteiger partial charge in [0.15, 0.2) is 5.75 Å². The number of nitrogens with one attached hydrogen (secondary N) is 1. The van der Waals surface area contributed by atoms with E-state index in [0.29, 0.717) is 0 Å². The van der Waals surface area contributed by atoms with Crippen molar-refractivity contribution in [1.82, 2.24) is 9.88 Å². The normalized spacial score (nSPS) is 15.2. The molecule has 0 spiro atoms. The van der Waals surface area contributed by atoms with E-state index in [4.69, 9.17) is 21.4 Å². The van der Waals surface area contributed by atoms with Crippen LogP contribution in [0.1, 0.15) is 27.5 Å². The third-order valence-corrected chi connectivity index (χ3v) is 5.49. The van der Waals surface area contributed by atoms with Crippen molar-refractivity contribution in [2.75, 3.05) is 13.2 Å². The number of aromatic hydroxyl groups is 1. The summed E-state index contributed by atoms with van der Waals surface area (Å²) < 4.78 is 45.7. The lowest BCUT2D eigenvalue weighted by atomic mass is 10.0. The standard InChI is InChI=1S/C21H14ClF3N2O6/c22-12-6-5-11-16-18(12)33-8-13(9-1-3-10(4-2-9)21(23,24)25)27(16)20(32)15(17(11)30)19(31)26-7-14(28)29/h1-6,13,30H,7-8H2,(H,26,31)(H,28,29). The second kappa shape index (κ2) is 8.00. The Morgan fingerprint density at radius 3 is 2.45 bits per heavy atom. The number of ether oxygens (including phenoxy) is 1. The van der Waals surface area contributed by atoms with Gasteiger partial charge in [-0.2, -0.15) is 13.2 Å². The predicted octanol–water partition coefficient (Wildman–Crippen LogP) is 3.18. The Balaban J connectivity index is 1.95. The number of amides is 1. The van der Waals surface area contributed by atoms with Crippen molar-refractivity contribution in [2.45, 2.75) is 12.2 Å². The highest BCUT2D eigenvalue weighted by molar-refractivity contribution is 6.33. The Bertz CT molecular complexity index is 1350. The summed E-state index contributed by atoms with van der Waals surface area (Å²) in [7, 11) is 0. The lowest BCUT2D eigenvalue weighted by Crippen LogP contribution is -2.39. The van der Waals surface area contributed by atoms with Crippen LogP contribution in [0.25, 0.3) is 10.9 Å². The van der Waals surface area contributed by atoms with Crippen LogP contribution in [0.2, 0.25) is 5.02 Å². The summed E-state index contributed by atoms with van der Waals surface area (Å²) in [4.78, 5) is 36.7. The molecular weight excluding hydrogens is 469 g/mol. The number of hydrogen-bond acceptors (Lipinski definition) is 5. The first-order chi connectivity index (χ1) is 15.5. The minimum atomic E-state index is -4.56. The second-order valence-electron chi connectivity index (χ2n) is 7.19. The monoisotopic (exact) mass is 482 g/mol. The van der Waals surface area contributed by atoms with Crippen molar-refractivity contribution in [3.05, 3.63) is 68.5 Å². The van der Waals surface area contributed by atoms with Gasteiger partial charge in [-0.05, 0) is 29.8 Å². The molecule has 1 aromatic heterocycles. The molecule has 0 bridgehead atoms. The van der Waals surface area contributed by atoms with Gasteiger partial charge < -0.3 is 20.3 Å². The number of carboxylic acid groups (broad SMARTS) is 1. The lowest BCUT2D eigenvalue weighted by molar-refractivity contribution is -0.138. The Labute approximate surface area is 187 Å². The van der Waals surface area contributed by atoms with Crippen molar-refractivity contribution in [3.8, 4) is 11.5 Å². The van der Waals surface area contributed by atoms with Gasteiger partial charge in [0, 0.05) is 5.39 Å². The van der Waals surface area contributed by atoms with E-state index in [0.717, 1.165) is 16.7 Å². The van der Waals surface area contributed by atoms with Crippen LogP contribution in [0.3, 0.4) is 0 Å². The molecule has 0 saturated carbocycles. The summed E-state index contributed by atoms with van der Waals surface area (Å²) >= 11 is 6.17. The fourth-order valence-electron chi connectivity index (χ4n) is 3.69. The molecule has 0 saturated heterocycles. The van der Waals surface area contributed by atoms with E-state index in [9.17, 15) is 32.7 Å². The molecule has 1 atom stereocenters. The zero-order chi connectivity index (χ0) is 24.1. The van der Waals surface area contributed by atoms with Crippen molar-refractivity contribution in [2.24, 2.45) is 0 Å². The minimum absolute atomic E-state index is 0.0195. The Hall–Kier alpha value is -3.73. The van der Waals surface area contributed by atoms with Gasteiger partial charge >= 0.3 is 12.1 Å². The van der Waals surface area contributed by atoms with Gasteiger partial charge in [0.25, 0.3) is 11.5 Å². The van der Waals surface area contributed by atoms with E-state index in [2.05, 4.69) is 0 Å². The second-order valence-corrected chi connectivity index (χ2v) is 7.60. The topological polar surface area (TPSA) is 118 Å². The molecule has 2 heterocycles. The number of carbonyl (C=O) groups is 2. The van der Waals surface area contributed by atoms with Crippen LogP contribution in [0.4, 0.5) is 13.2 Å². The Kier molecular flexibility index (Phi) is 5.44. The lowest BCUT2D eigenvalue weighted by Gasteiger charge is -2.30. The molecule has 4 rings (SSSR count). The van der Waals surface area contributed by atoms with E-state index in [1.807, 2.05) is 5.32 Å². The van der Waals surface area contributed by atoms with Crippen molar-refractivity contribution in [3.63, 3.8) is 0 Å². The molecule has 1 aliphatic heterocycles. The average Bonchev–Trinajstić information content (AvgIpc) is 2.76. The number of carbonyl (C=O) groups excluding carboxylic acids is 1. The van der Waals surface area contributed by atoms with Gasteiger partial charge in [-0.3, -0.25) is 19.0 Å². The SMILES string of the molecule is O=C(O)CNC(=O)c1c(O)c2ccc(Cl)c3c2n(c1=O)C(c1ccc(C(F)(F)F)cc1)CO3. The van der Waals surface area contributed by atoms with Crippen LogP contribution < -0.4 is 15.6 Å². The first-order valence-electron chi connectivity index (χ1n) is 9.40. The number of nitrogens with zero attached hydrogens (tertiary/aromatic N) is 1. The van der Waals surface area contributed by atoms with Gasteiger partial charge in [0.1, 0.15) is 24.5 Å². The summed E-state index contributed by atoms with van der Waals surface area (Å²) in [5.74, 6) is -3.14. The number of halogens is 4. The van der Waals surface area contributed by atoms with Crippen LogP contribution in [0, 0.1) is 0 Å². The number of aromatic nitrogens is 1. The quantitative estimate of drug-likeness (QED) is 0.526. The minimum Gasteiger partial charge on any atom is -0.506 e. The number of aliphatic carboxylic acids is 1. The van der Waals surface area contributed by atoms with E-state index >= 15 is 0 Å². The van der Waals surface area contributed by atoms with Crippen molar-refractivity contribution >= 4 is 34.4 Å². The highest BCUT2D eigenvalue weighted by Crippen LogP contribution is 2.42. The summed E-state index contributed by atoms with van der Waals surface area (Å²) in [6, 6.07) is 5.84. The van der Waals surface area contributed by atoms with Gasteiger partial charge in [-0.1, -0.05) is 23.7 Å². The van der Waals surface area contributed by atoms with Crippen molar-refractivity contribution < 1.29 is 37.7 Å². The Morgan fingerprint density at radius 1 is 1.18 bits per heavy atom. The molecular formula is C21H14ClF3N2O6. The van der Waals surface area contributed by atoms with Gasteiger partial charge in [-0.25, -0.2) is 0 Å². The van der Waals surface area contributed by atoms with Crippen LogP contribution in [-0.4, -0.2) is 39.8 Å². The molecule has 172 valence electrons. The Morgan fingerprint density at radius 2 is 1.85 bits per heavy atom. The maximum atomic E-state index is 13.3. The van der Waals surface area contributed by atoms with E-state index in [1.165, 1.54) is 24.3 Å². The summed E-state index contributed by atoms with van der Waals surface area (Å²) in [6.07, 6.45) is -4.56. The molecule has 1 aliphatic rings. The average molecular weight is 483 g/mol. The molecule has 3 N–H and O–H groups in total. The molecule has 33 heavy (non-hydrogen) atoms. The summed E-state index contributed by atoms with van der Waals surface area (Å²) in [5, 5.41) is 21.6. The first kappa shape index (κ1) is 22.5. The van der Waals surface area contributed by atoms with Crippen LogP contribution in [0.5, 0.6) is 11.5 Å². The van der Waals surface area contributed by atoms with E-state index < -0.39 is 53.1 Å². The summed E-state index contributed by atoms with van der Waals surface area (Å²) in [5.41, 5.74) is -2.26. The molecule has 8 nitrogen and oxygen atoms in total. The van der Waals surface area contributed by atoms with Crippen LogP contribution in [0.15, 0.2) is 41.2 Å². The number of rotatable bonds is 4. The third-order valence-electron chi connectivity index (χ3n) is 5.20. The number of hydrogen-bond donors (Lipinski definition) is 3. The highest BCUT2D eigenvalue weighted by Gasteiger charge is 2.34. The smallest absolute Gasteiger partial charge is 0.416 e. The maximum absolute atomic E-state index is 13.3. The number of benzene rings is 2. The highest BCUT2D eigenvalue weighted by atomic mass is 35.5. The molecule has 1 unspecified atom stereocenters. The largest absolute Gasteiger partial charge is 0.506 e. The van der Waals surface area contributed by atoms with Crippen molar-refractivity contribution in [1.29, 1.82) is 0 Å².